The Morgan fingerprint density at radius 3 is 2.86 bits per heavy atom. The number of nitrogens with zero attached hydrogens (tertiary/aromatic N) is 1. The Hall–Kier alpha value is -2.76. The van der Waals surface area contributed by atoms with Gasteiger partial charge in [0.2, 0.25) is 0 Å². The number of hydrogen-bond acceptors (Lipinski definition) is 5. The second-order valence-electron chi connectivity index (χ2n) is 4.86. The first-order valence-electron chi connectivity index (χ1n) is 7.06. The minimum Gasteiger partial charge on any atom is -0.490 e. The van der Waals surface area contributed by atoms with Crippen molar-refractivity contribution < 1.29 is 19.4 Å². The lowest BCUT2D eigenvalue weighted by molar-refractivity contribution is 0.0690. The standard InChI is InChI=1S/C16H16N2O4/c19-16(20)12-5-2-7-14(18-12)17-10-11-4-1-6-13-15(11)22-9-3-8-21-13/h1-2,4-7H,3,8-10H2,(H,17,18)(H,19,20). The highest BCUT2D eigenvalue weighted by atomic mass is 16.5. The Morgan fingerprint density at radius 1 is 1.18 bits per heavy atom. The minimum absolute atomic E-state index is 0.0106. The van der Waals surface area contributed by atoms with Crippen molar-refractivity contribution in [3.8, 4) is 11.5 Å². The fraction of sp³-hybridized carbons (Fsp3) is 0.250. The second kappa shape index (κ2) is 6.34. The lowest BCUT2D eigenvalue weighted by Crippen LogP contribution is -2.07. The van der Waals surface area contributed by atoms with Crippen molar-refractivity contribution in [1.82, 2.24) is 4.98 Å². The summed E-state index contributed by atoms with van der Waals surface area (Å²) in [5, 5.41) is 12.1. The molecule has 0 atom stereocenters. The number of aromatic nitrogens is 1. The van der Waals surface area contributed by atoms with Crippen LogP contribution in [0.25, 0.3) is 0 Å². The van der Waals surface area contributed by atoms with Crippen molar-refractivity contribution in [2.45, 2.75) is 13.0 Å². The Morgan fingerprint density at radius 2 is 2.00 bits per heavy atom. The summed E-state index contributed by atoms with van der Waals surface area (Å²) < 4.78 is 11.4. The Labute approximate surface area is 127 Å². The van der Waals surface area contributed by atoms with E-state index in [4.69, 9.17) is 14.6 Å². The molecule has 0 amide bonds. The summed E-state index contributed by atoms with van der Waals surface area (Å²) in [4.78, 5) is 15.0. The highest BCUT2D eigenvalue weighted by Gasteiger charge is 2.14. The fourth-order valence-electron chi connectivity index (χ4n) is 2.23. The molecule has 2 heterocycles. The van der Waals surface area contributed by atoms with Gasteiger partial charge in [-0.1, -0.05) is 18.2 Å². The molecule has 114 valence electrons. The van der Waals surface area contributed by atoms with E-state index in [1.165, 1.54) is 6.07 Å². The number of rotatable bonds is 4. The van der Waals surface area contributed by atoms with Gasteiger partial charge in [0.1, 0.15) is 5.82 Å². The smallest absolute Gasteiger partial charge is 0.354 e. The van der Waals surface area contributed by atoms with E-state index in [0.717, 1.165) is 23.5 Å². The zero-order chi connectivity index (χ0) is 15.4. The average molecular weight is 300 g/mol. The summed E-state index contributed by atoms with van der Waals surface area (Å²) in [6, 6.07) is 10.6. The number of pyridine rings is 1. The topological polar surface area (TPSA) is 80.7 Å². The SMILES string of the molecule is O=C(O)c1cccc(NCc2cccc3c2OCCCO3)n1. The molecule has 0 bridgehead atoms. The molecule has 0 aliphatic carbocycles. The molecule has 0 saturated heterocycles. The second-order valence-corrected chi connectivity index (χ2v) is 4.86. The normalized spacial score (nSPS) is 13.3. The van der Waals surface area contributed by atoms with E-state index in [0.29, 0.717) is 25.6 Å². The summed E-state index contributed by atoms with van der Waals surface area (Å²) >= 11 is 0. The van der Waals surface area contributed by atoms with Crippen LogP contribution in [-0.4, -0.2) is 29.3 Å². The van der Waals surface area contributed by atoms with Crippen molar-refractivity contribution >= 4 is 11.8 Å². The van der Waals surface area contributed by atoms with Crippen LogP contribution in [0.15, 0.2) is 36.4 Å². The number of anilines is 1. The monoisotopic (exact) mass is 300 g/mol. The van der Waals surface area contributed by atoms with E-state index in [2.05, 4.69) is 10.3 Å². The van der Waals surface area contributed by atoms with Gasteiger partial charge >= 0.3 is 5.97 Å². The molecule has 0 radical (unpaired) electrons. The number of ether oxygens (including phenoxy) is 2. The average Bonchev–Trinajstić information content (AvgIpc) is 2.79. The fourth-order valence-corrected chi connectivity index (χ4v) is 2.23. The molecule has 1 aliphatic rings. The number of hydrogen-bond donors (Lipinski definition) is 2. The van der Waals surface area contributed by atoms with Crippen LogP contribution >= 0.6 is 0 Å². The quantitative estimate of drug-likeness (QED) is 0.903. The third kappa shape index (κ3) is 3.11. The molecule has 1 aromatic carbocycles. The predicted octanol–water partition coefficient (Wildman–Crippen LogP) is 2.55. The van der Waals surface area contributed by atoms with Gasteiger partial charge in [-0.2, -0.15) is 0 Å². The maximum Gasteiger partial charge on any atom is 0.354 e. The van der Waals surface area contributed by atoms with Crippen molar-refractivity contribution in [2.75, 3.05) is 18.5 Å². The zero-order valence-corrected chi connectivity index (χ0v) is 11.9. The van der Waals surface area contributed by atoms with E-state index in [-0.39, 0.29) is 5.69 Å². The largest absolute Gasteiger partial charge is 0.490 e. The Bertz CT molecular complexity index is 688. The number of aromatic carboxylic acids is 1. The van der Waals surface area contributed by atoms with E-state index in [1.807, 2.05) is 18.2 Å². The molecule has 1 aliphatic heterocycles. The van der Waals surface area contributed by atoms with Gasteiger partial charge in [0.15, 0.2) is 17.2 Å². The highest BCUT2D eigenvalue weighted by molar-refractivity contribution is 5.85. The summed E-state index contributed by atoms with van der Waals surface area (Å²) in [7, 11) is 0. The van der Waals surface area contributed by atoms with Crippen LogP contribution in [0.3, 0.4) is 0 Å². The van der Waals surface area contributed by atoms with E-state index in [1.54, 1.807) is 12.1 Å². The van der Waals surface area contributed by atoms with Gasteiger partial charge in [0.05, 0.1) is 13.2 Å². The molecule has 6 heteroatoms. The van der Waals surface area contributed by atoms with Crippen LogP contribution in [-0.2, 0) is 6.54 Å². The third-order valence-electron chi connectivity index (χ3n) is 3.28. The first kappa shape index (κ1) is 14.2. The molecule has 0 saturated carbocycles. The van der Waals surface area contributed by atoms with E-state index in [9.17, 15) is 4.79 Å². The summed E-state index contributed by atoms with van der Waals surface area (Å²) in [5.74, 6) is 0.937. The number of benzene rings is 1. The van der Waals surface area contributed by atoms with Crippen LogP contribution in [0.4, 0.5) is 5.82 Å². The molecule has 1 aromatic heterocycles. The van der Waals surface area contributed by atoms with Crippen molar-refractivity contribution in [1.29, 1.82) is 0 Å². The number of carboxylic acid groups (broad SMARTS) is 1. The summed E-state index contributed by atoms with van der Waals surface area (Å²) in [6.07, 6.45) is 0.851. The lowest BCUT2D eigenvalue weighted by Gasteiger charge is -2.13. The third-order valence-corrected chi connectivity index (χ3v) is 3.28. The predicted molar refractivity (Wildman–Crippen MR) is 80.6 cm³/mol. The van der Waals surface area contributed by atoms with Gasteiger partial charge in [-0.05, 0) is 18.2 Å². The Balaban J connectivity index is 1.77. The zero-order valence-electron chi connectivity index (χ0n) is 11.9. The van der Waals surface area contributed by atoms with Gasteiger partial charge in [0.25, 0.3) is 0 Å². The summed E-state index contributed by atoms with van der Waals surface area (Å²) in [6.45, 7) is 1.74. The van der Waals surface area contributed by atoms with Crippen LogP contribution in [0.5, 0.6) is 11.5 Å². The molecule has 3 rings (SSSR count). The van der Waals surface area contributed by atoms with Crippen LogP contribution in [0.1, 0.15) is 22.5 Å². The maximum absolute atomic E-state index is 10.9. The molecular formula is C16H16N2O4. The number of nitrogens with one attached hydrogen (secondary N) is 1. The number of fused-ring (bicyclic) bond motifs is 1. The van der Waals surface area contributed by atoms with Crippen LogP contribution < -0.4 is 14.8 Å². The Kier molecular flexibility index (Phi) is 4.09. The molecule has 0 spiro atoms. The molecule has 2 aromatic rings. The van der Waals surface area contributed by atoms with Crippen molar-refractivity contribution in [2.24, 2.45) is 0 Å². The molecular weight excluding hydrogens is 284 g/mol. The van der Waals surface area contributed by atoms with Crippen molar-refractivity contribution in [3.63, 3.8) is 0 Å². The summed E-state index contributed by atoms with van der Waals surface area (Å²) in [5.41, 5.74) is 0.957. The lowest BCUT2D eigenvalue weighted by atomic mass is 10.2. The van der Waals surface area contributed by atoms with Gasteiger partial charge < -0.3 is 19.9 Å². The van der Waals surface area contributed by atoms with Gasteiger partial charge in [-0.25, -0.2) is 9.78 Å². The minimum atomic E-state index is -1.05. The van der Waals surface area contributed by atoms with E-state index >= 15 is 0 Å². The number of carbonyl (C=O) groups is 1. The number of para-hydroxylation sites is 1. The number of carboxylic acids is 1. The van der Waals surface area contributed by atoms with Crippen LogP contribution in [0, 0.1) is 0 Å². The van der Waals surface area contributed by atoms with Gasteiger partial charge in [0, 0.05) is 18.5 Å². The maximum atomic E-state index is 10.9. The van der Waals surface area contributed by atoms with Crippen molar-refractivity contribution in [3.05, 3.63) is 47.7 Å². The van der Waals surface area contributed by atoms with E-state index < -0.39 is 5.97 Å². The highest BCUT2D eigenvalue weighted by Crippen LogP contribution is 2.33. The molecule has 2 N–H and O–H groups in total. The molecule has 6 nitrogen and oxygen atoms in total. The first-order valence-corrected chi connectivity index (χ1v) is 7.06. The van der Waals surface area contributed by atoms with Gasteiger partial charge in [-0.15, -0.1) is 0 Å². The molecule has 0 fully saturated rings. The molecule has 0 unspecified atom stereocenters. The van der Waals surface area contributed by atoms with Gasteiger partial charge in [-0.3, -0.25) is 0 Å². The first-order chi connectivity index (χ1) is 10.7. The van der Waals surface area contributed by atoms with Crippen LogP contribution in [0.2, 0.25) is 0 Å². The molecule has 22 heavy (non-hydrogen) atoms.